The molecule has 0 aliphatic heterocycles. The zero-order valence-corrected chi connectivity index (χ0v) is 21.0. The Morgan fingerprint density at radius 2 is 0.903 bits per heavy atom. The summed E-state index contributed by atoms with van der Waals surface area (Å²) >= 11 is 1.58. The number of allylic oxidation sites excluding steroid dienone is 8. The quantitative estimate of drug-likeness (QED) is 0.329. The maximum absolute atomic E-state index is 2.48. The summed E-state index contributed by atoms with van der Waals surface area (Å²) in [5.74, 6) is 0. The molecule has 0 heterocycles. The summed E-state index contributed by atoms with van der Waals surface area (Å²) in [6, 6.07) is 34.1. The second-order valence-electron chi connectivity index (χ2n) is 8.25. The van der Waals surface area contributed by atoms with Gasteiger partial charge < -0.3 is 0 Å². The number of hydrogen-bond acceptors (Lipinski definition) is 0. The van der Waals surface area contributed by atoms with E-state index in [1.54, 1.807) is 35.9 Å². The van der Waals surface area contributed by atoms with Crippen LogP contribution in [0.25, 0.3) is 0 Å². The first kappa shape index (κ1) is 20.6. The van der Waals surface area contributed by atoms with Gasteiger partial charge in [0.1, 0.15) is 0 Å². The molecule has 2 aliphatic carbocycles. The fourth-order valence-corrected chi connectivity index (χ4v) is 15.2. The van der Waals surface area contributed by atoms with Crippen molar-refractivity contribution in [2.24, 2.45) is 0 Å². The van der Waals surface area contributed by atoms with Crippen molar-refractivity contribution in [1.82, 2.24) is 0 Å². The molecule has 0 spiro atoms. The van der Waals surface area contributed by atoms with E-state index in [-0.39, 0.29) is 2.75 Å². The van der Waals surface area contributed by atoms with Crippen molar-refractivity contribution in [3.8, 4) is 0 Å². The summed E-state index contributed by atoms with van der Waals surface area (Å²) in [7, 11) is -2.48. The summed E-state index contributed by atoms with van der Waals surface area (Å²) in [6.07, 6.45) is 16.1. The Labute approximate surface area is 201 Å². The van der Waals surface area contributed by atoms with Crippen LogP contribution < -0.4 is 15.6 Å². The molecule has 2 aliphatic rings. The number of benzene rings is 3. The Morgan fingerprint density at radius 3 is 1.19 bits per heavy atom. The predicted octanol–water partition coefficient (Wildman–Crippen LogP) is 5.17. The molecule has 0 nitrogen and oxygen atoms in total. The third kappa shape index (κ3) is 3.28. The molecule has 0 amide bonds. The Balaban J connectivity index is 1.94. The fourth-order valence-electron chi connectivity index (χ4n) is 5.35. The van der Waals surface area contributed by atoms with E-state index in [9.17, 15) is 0 Å². The molecule has 0 atom stereocenters. The van der Waals surface area contributed by atoms with E-state index < -0.39 is 8.07 Å². The van der Waals surface area contributed by atoms with Gasteiger partial charge in [-0.1, -0.05) is 0 Å². The molecule has 2 heteroatoms. The average molecular weight is 493 g/mol. The number of rotatable bonds is 6. The molecule has 31 heavy (non-hydrogen) atoms. The molecule has 0 fully saturated rings. The van der Waals surface area contributed by atoms with Gasteiger partial charge in [0, 0.05) is 0 Å². The molecule has 0 saturated heterocycles. The molecule has 0 aromatic heterocycles. The molecule has 3 aromatic carbocycles. The van der Waals surface area contributed by atoms with Crippen molar-refractivity contribution >= 4 is 23.6 Å². The topological polar surface area (TPSA) is 0 Å². The van der Waals surface area contributed by atoms with Gasteiger partial charge in [-0.2, -0.15) is 0 Å². The molecule has 149 valence electrons. The van der Waals surface area contributed by atoms with Crippen LogP contribution in [0.2, 0.25) is 2.75 Å². The van der Waals surface area contributed by atoms with Crippen molar-refractivity contribution in [3.63, 3.8) is 0 Å². The molecule has 0 N–H and O–H groups in total. The van der Waals surface area contributed by atoms with Crippen LogP contribution >= 0.6 is 0 Å². The van der Waals surface area contributed by atoms with Gasteiger partial charge in [0.25, 0.3) is 0 Å². The maximum atomic E-state index is 2.41. The molecular weight excluding hydrogens is 468 g/mol. The van der Waals surface area contributed by atoms with Crippen molar-refractivity contribution in [3.05, 3.63) is 139 Å². The second kappa shape index (κ2) is 8.69. The van der Waals surface area contributed by atoms with Crippen LogP contribution in [-0.4, -0.2) is 8.07 Å². The van der Waals surface area contributed by atoms with Crippen LogP contribution in [0.1, 0.15) is 12.8 Å². The van der Waals surface area contributed by atoms with E-state index in [1.165, 1.54) is 15.6 Å². The Kier molecular flexibility index (Phi) is 5.78. The third-order valence-electron chi connectivity index (χ3n) is 6.69. The molecule has 0 unspecified atom stereocenters. The standard InChI is InChI=1S/C29H25Si.Zr/c1-4-18-26(19-5-1)30(27-20-6-2-7-21-27,28-22-8-3-9-23-28)29(24-14-10-11-15-24)25-16-12-13-17-25;/h1-14,16,18-23H,15,17H2;. The van der Waals surface area contributed by atoms with Crippen LogP contribution in [0.15, 0.2) is 139 Å². The summed E-state index contributed by atoms with van der Waals surface area (Å²) in [4.78, 5) is 0. The van der Waals surface area contributed by atoms with Crippen LogP contribution in [0, 0.1) is 0 Å². The molecule has 0 bridgehead atoms. The van der Waals surface area contributed by atoms with E-state index in [0.29, 0.717) is 0 Å². The van der Waals surface area contributed by atoms with Gasteiger partial charge in [-0.25, -0.2) is 0 Å². The van der Waals surface area contributed by atoms with Crippen LogP contribution in [-0.2, 0) is 24.7 Å². The molecular formula is C29H25SiZr. The predicted molar refractivity (Wildman–Crippen MR) is 130 cm³/mol. The summed E-state index contributed by atoms with van der Waals surface area (Å²) < 4.78 is 0.0107. The minimum atomic E-state index is -2.48. The SMILES string of the molecule is [Zr][C](C1=CC=CC1)(C1=CC=CC1)[Si](c1ccccc1)(c1ccccc1)c1ccccc1. The van der Waals surface area contributed by atoms with Crippen molar-refractivity contribution in [1.29, 1.82) is 0 Å². The normalized spacial score (nSPS) is 15.7. The van der Waals surface area contributed by atoms with E-state index >= 15 is 0 Å². The second-order valence-corrected chi connectivity index (χ2v) is 15.3. The van der Waals surface area contributed by atoms with Crippen LogP contribution in [0.4, 0.5) is 0 Å². The van der Waals surface area contributed by atoms with Gasteiger partial charge in [0.05, 0.1) is 0 Å². The van der Waals surface area contributed by atoms with Gasteiger partial charge in [-0.3, -0.25) is 0 Å². The summed E-state index contributed by atoms with van der Waals surface area (Å²) in [5, 5.41) is 4.47. The van der Waals surface area contributed by atoms with E-state index in [2.05, 4.69) is 127 Å². The zero-order chi connectivity index (χ0) is 21.2. The van der Waals surface area contributed by atoms with Gasteiger partial charge >= 0.3 is 203 Å². The van der Waals surface area contributed by atoms with E-state index in [0.717, 1.165) is 12.8 Å². The number of hydrogen-bond donors (Lipinski definition) is 0. The Hall–Kier alpha value is -2.28. The van der Waals surface area contributed by atoms with Crippen molar-refractivity contribution < 1.29 is 24.7 Å². The fraction of sp³-hybridized carbons (Fsp3) is 0.103. The first-order chi connectivity index (χ1) is 15.3. The van der Waals surface area contributed by atoms with Crippen molar-refractivity contribution in [2.75, 3.05) is 0 Å². The molecule has 3 aromatic rings. The first-order valence-electron chi connectivity index (χ1n) is 10.9. The van der Waals surface area contributed by atoms with E-state index in [4.69, 9.17) is 0 Å². The molecule has 0 radical (unpaired) electrons. The Bertz CT molecular complexity index is 1040. The first-order valence-corrected chi connectivity index (χ1v) is 14.1. The molecule has 0 saturated carbocycles. The van der Waals surface area contributed by atoms with Crippen LogP contribution in [0.3, 0.4) is 0 Å². The molecule has 5 rings (SSSR count). The van der Waals surface area contributed by atoms with Gasteiger partial charge in [-0.15, -0.1) is 0 Å². The van der Waals surface area contributed by atoms with Gasteiger partial charge in [-0.05, 0) is 0 Å². The van der Waals surface area contributed by atoms with Crippen molar-refractivity contribution in [2.45, 2.75) is 15.6 Å². The summed E-state index contributed by atoms with van der Waals surface area (Å²) in [5.41, 5.74) is 3.15. The zero-order valence-electron chi connectivity index (χ0n) is 17.5. The summed E-state index contributed by atoms with van der Waals surface area (Å²) in [6.45, 7) is 0. The Morgan fingerprint density at radius 1 is 0.548 bits per heavy atom. The minimum absolute atomic E-state index is 0.0107. The van der Waals surface area contributed by atoms with Gasteiger partial charge in [0.2, 0.25) is 0 Å². The van der Waals surface area contributed by atoms with E-state index in [1.807, 2.05) is 0 Å². The van der Waals surface area contributed by atoms with Crippen LogP contribution in [0.5, 0.6) is 0 Å². The average Bonchev–Trinajstić information content (AvgIpc) is 3.57. The monoisotopic (exact) mass is 491 g/mol. The third-order valence-corrected chi connectivity index (χ3v) is 16.4. The van der Waals surface area contributed by atoms with Gasteiger partial charge in [0.15, 0.2) is 0 Å².